The highest BCUT2D eigenvalue weighted by Crippen LogP contribution is 2.52. The van der Waals surface area contributed by atoms with Crippen LogP contribution < -0.4 is 4.74 Å². The lowest BCUT2D eigenvalue weighted by atomic mass is 9.80. The zero-order valence-corrected chi connectivity index (χ0v) is 24.6. The standard InChI is InChI=1S/C34H44O7/c1-5-11-24(28-18-29(36)34(33(37)40-28)30(6-2)41-34)27-20-39-32-25(27)17-23(16-21(3)4)31(26(32)19-35)38-15-10-14-22-12-8-7-9-13-22/h7-10,12-14,17,20-21,24,28-30,33,35-37H,5-6,11,15-16,18-19H2,1-4H3/t24?,28-,29-,30+,33-,34+/m1/s1. The Labute approximate surface area is 242 Å². The van der Waals surface area contributed by atoms with Crippen molar-refractivity contribution in [1.29, 1.82) is 0 Å². The predicted molar refractivity (Wildman–Crippen MR) is 159 cm³/mol. The van der Waals surface area contributed by atoms with Crippen molar-refractivity contribution in [1.82, 2.24) is 0 Å². The molecule has 2 fully saturated rings. The number of fused-ring (bicyclic) bond motifs is 1. The van der Waals surface area contributed by atoms with Crippen molar-refractivity contribution in [3.05, 3.63) is 71.0 Å². The fraction of sp³-hybridized carbons (Fsp3) is 0.529. The van der Waals surface area contributed by atoms with Crippen LogP contribution in [0, 0.1) is 5.92 Å². The molecule has 2 aliphatic heterocycles. The third kappa shape index (κ3) is 5.84. The molecule has 41 heavy (non-hydrogen) atoms. The van der Waals surface area contributed by atoms with Crippen molar-refractivity contribution in [2.45, 2.75) is 103 Å². The summed E-state index contributed by atoms with van der Waals surface area (Å²) in [6, 6.07) is 12.2. The smallest absolute Gasteiger partial charge is 0.189 e. The molecule has 7 heteroatoms. The van der Waals surface area contributed by atoms with Gasteiger partial charge in [0.2, 0.25) is 0 Å². The van der Waals surface area contributed by atoms with Gasteiger partial charge >= 0.3 is 0 Å². The number of hydrogen-bond donors (Lipinski definition) is 3. The average Bonchev–Trinajstić information content (AvgIpc) is 3.57. The summed E-state index contributed by atoms with van der Waals surface area (Å²) in [5.41, 5.74) is 3.29. The van der Waals surface area contributed by atoms with E-state index in [0.717, 1.165) is 41.3 Å². The largest absolute Gasteiger partial charge is 0.489 e. The molecule has 0 radical (unpaired) electrons. The van der Waals surface area contributed by atoms with Crippen LogP contribution in [0.15, 0.2) is 53.2 Å². The second kappa shape index (κ2) is 12.7. The summed E-state index contributed by atoms with van der Waals surface area (Å²) in [5, 5.41) is 33.4. The first-order chi connectivity index (χ1) is 19.8. The number of furan rings is 1. The number of hydrogen-bond acceptors (Lipinski definition) is 7. The van der Waals surface area contributed by atoms with Crippen LogP contribution >= 0.6 is 0 Å². The van der Waals surface area contributed by atoms with E-state index >= 15 is 0 Å². The van der Waals surface area contributed by atoms with E-state index in [0.29, 0.717) is 42.3 Å². The van der Waals surface area contributed by atoms with E-state index in [-0.39, 0.29) is 18.6 Å². The van der Waals surface area contributed by atoms with Crippen LogP contribution in [0.5, 0.6) is 5.75 Å². The van der Waals surface area contributed by atoms with Gasteiger partial charge in [-0.2, -0.15) is 0 Å². The molecule has 0 aliphatic carbocycles. The first kappa shape index (κ1) is 29.8. The lowest BCUT2D eigenvalue weighted by Crippen LogP contribution is -2.53. The molecule has 0 amide bonds. The van der Waals surface area contributed by atoms with E-state index in [2.05, 4.69) is 26.8 Å². The highest BCUT2D eigenvalue weighted by Gasteiger charge is 2.68. The van der Waals surface area contributed by atoms with Crippen molar-refractivity contribution in [3.8, 4) is 5.75 Å². The van der Waals surface area contributed by atoms with Gasteiger partial charge in [0.25, 0.3) is 0 Å². The lowest BCUT2D eigenvalue weighted by Gasteiger charge is -2.39. The molecule has 0 saturated carbocycles. The van der Waals surface area contributed by atoms with Crippen molar-refractivity contribution >= 4 is 17.0 Å². The molecule has 2 saturated heterocycles. The number of rotatable bonds is 12. The van der Waals surface area contributed by atoms with Gasteiger partial charge in [0, 0.05) is 23.3 Å². The summed E-state index contributed by atoms with van der Waals surface area (Å²) in [6.45, 7) is 8.56. The first-order valence-corrected chi connectivity index (χ1v) is 15.0. The van der Waals surface area contributed by atoms with Crippen LogP contribution in [-0.4, -0.2) is 52.1 Å². The van der Waals surface area contributed by atoms with E-state index in [9.17, 15) is 15.3 Å². The maximum atomic E-state index is 11.1. The minimum atomic E-state index is -1.19. The molecular formula is C34H44O7. The highest BCUT2D eigenvalue weighted by atomic mass is 16.7. The van der Waals surface area contributed by atoms with Crippen LogP contribution in [0.1, 0.15) is 81.5 Å². The molecule has 222 valence electrons. The Balaban J connectivity index is 1.47. The Kier molecular flexibility index (Phi) is 9.21. The van der Waals surface area contributed by atoms with Gasteiger partial charge in [-0.05, 0) is 48.4 Å². The van der Waals surface area contributed by atoms with E-state index in [1.807, 2.05) is 49.4 Å². The molecule has 1 aromatic heterocycles. The van der Waals surface area contributed by atoms with Gasteiger partial charge in [-0.15, -0.1) is 0 Å². The summed E-state index contributed by atoms with van der Waals surface area (Å²) in [5.74, 6) is 0.925. The molecule has 3 N–H and O–H groups in total. The van der Waals surface area contributed by atoms with Gasteiger partial charge in [-0.1, -0.05) is 70.5 Å². The van der Waals surface area contributed by atoms with Crippen LogP contribution in [0.2, 0.25) is 0 Å². The number of epoxide rings is 1. The summed E-state index contributed by atoms with van der Waals surface area (Å²) in [4.78, 5) is 0. The third-order valence-corrected chi connectivity index (χ3v) is 8.51. The fourth-order valence-electron chi connectivity index (χ4n) is 6.51. The fourth-order valence-corrected chi connectivity index (χ4v) is 6.51. The van der Waals surface area contributed by atoms with E-state index in [1.165, 1.54) is 0 Å². The minimum absolute atomic E-state index is 0.110. The average molecular weight is 565 g/mol. The number of aliphatic hydroxyl groups is 3. The Bertz CT molecular complexity index is 1320. The summed E-state index contributed by atoms with van der Waals surface area (Å²) in [6.07, 6.45) is 6.68. The Morgan fingerprint density at radius 1 is 1.15 bits per heavy atom. The molecule has 1 unspecified atom stereocenters. The number of ether oxygens (including phenoxy) is 3. The van der Waals surface area contributed by atoms with Crippen LogP contribution in [0.25, 0.3) is 17.0 Å². The van der Waals surface area contributed by atoms with Gasteiger partial charge in [0.1, 0.15) is 17.9 Å². The maximum absolute atomic E-state index is 11.1. The van der Waals surface area contributed by atoms with Gasteiger partial charge in [-0.3, -0.25) is 0 Å². The minimum Gasteiger partial charge on any atom is -0.489 e. The molecule has 2 aliphatic rings. The molecular weight excluding hydrogens is 520 g/mol. The molecule has 7 nitrogen and oxygen atoms in total. The Hall–Kier alpha value is -2.68. The van der Waals surface area contributed by atoms with Gasteiger partial charge in [0.15, 0.2) is 11.9 Å². The second-order valence-corrected chi connectivity index (χ2v) is 11.8. The van der Waals surface area contributed by atoms with Crippen LogP contribution in [-0.2, 0) is 22.5 Å². The van der Waals surface area contributed by atoms with Crippen molar-refractivity contribution in [2.75, 3.05) is 6.61 Å². The zero-order chi connectivity index (χ0) is 29.1. The van der Waals surface area contributed by atoms with Crippen molar-refractivity contribution < 1.29 is 33.9 Å². The van der Waals surface area contributed by atoms with Gasteiger partial charge < -0.3 is 33.9 Å². The van der Waals surface area contributed by atoms with Gasteiger partial charge in [0.05, 0.1) is 36.7 Å². The topological polar surface area (TPSA) is 105 Å². The molecule has 6 atom stereocenters. The third-order valence-electron chi connectivity index (χ3n) is 8.51. The summed E-state index contributed by atoms with van der Waals surface area (Å²) in [7, 11) is 0. The normalized spacial score (nSPS) is 26.8. The highest BCUT2D eigenvalue weighted by molar-refractivity contribution is 5.88. The monoisotopic (exact) mass is 564 g/mol. The Morgan fingerprint density at radius 2 is 1.93 bits per heavy atom. The summed E-state index contributed by atoms with van der Waals surface area (Å²) >= 11 is 0. The predicted octanol–water partition coefficient (Wildman–Crippen LogP) is 6.12. The molecule has 5 rings (SSSR count). The van der Waals surface area contributed by atoms with E-state index in [4.69, 9.17) is 18.6 Å². The second-order valence-electron chi connectivity index (χ2n) is 11.8. The van der Waals surface area contributed by atoms with Crippen LogP contribution in [0.4, 0.5) is 0 Å². The number of aliphatic hydroxyl groups excluding tert-OH is 3. The van der Waals surface area contributed by atoms with Gasteiger partial charge in [-0.25, -0.2) is 0 Å². The van der Waals surface area contributed by atoms with E-state index < -0.39 is 24.1 Å². The first-order valence-electron chi connectivity index (χ1n) is 15.0. The molecule has 1 spiro atoms. The molecule has 3 aromatic rings. The molecule has 3 heterocycles. The molecule has 0 bridgehead atoms. The van der Waals surface area contributed by atoms with Crippen LogP contribution in [0.3, 0.4) is 0 Å². The SMILES string of the molecule is CCCC(c1coc2c(CO)c(OCC=Cc3ccccc3)c(CC(C)C)cc12)[C@H]1C[C@@H](O)[C@@]2(O[C@H]2CC)[C@H](O)O1. The quantitative estimate of drug-likeness (QED) is 0.228. The van der Waals surface area contributed by atoms with E-state index in [1.54, 1.807) is 6.26 Å². The molecule has 2 aromatic carbocycles. The van der Waals surface area contributed by atoms with Crippen molar-refractivity contribution in [3.63, 3.8) is 0 Å². The Morgan fingerprint density at radius 3 is 2.56 bits per heavy atom. The number of benzene rings is 2. The van der Waals surface area contributed by atoms with Crippen molar-refractivity contribution in [2.24, 2.45) is 5.92 Å². The lowest BCUT2D eigenvalue weighted by molar-refractivity contribution is -0.236. The maximum Gasteiger partial charge on any atom is 0.189 e. The summed E-state index contributed by atoms with van der Waals surface area (Å²) < 4.78 is 24.4. The zero-order valence-electron chi connectivity index (χ0n) is 24.6.